The summed E-state index contributed by atoms with van der Waals surface area (Å²) in [5, 5.41) is 2.61. The minimum absolute atomic E-state index is 0.00695. The van der Waals surface area contributed by atoms with Gasteiger partial charge in [0.15, 0.2) is 0 Å². The number of amides is 1. The first-order chi connectivity index (χ1) is 28.0. The maximum absolute atomic E-state index is 13.7. The molecule has 3 aromatic heterocycles. The number of cyclic esters (lactones) is 2. The number of methoxy groups -OCH3 is 1. The Balaban J connectivity index is 1.41. The van der Waals surface area contributed by atoms with E-state index in [-0.39, 0.29) is 49.8 Å². The lowest BCUT2D eigenvalue weighted by molar-refractivity contribution is -0.141. The average molecular weight is 810 g/mol. The second-order valence-electron chi connectivity index (χ2n) is 15.7. The molecule has 6 rings (SSSR count). The van der Waals surface area contributed by atoms with Gasteiger partial charge < -0.3 is 39.0 Å². The molecule has 0 aliphatic carbocycles. The molecule has 0 saturated heterocycles. The molecule has 0 spiro atoms. The van der Waals surface area contributed by atoms with Crippen molar-refractivity contribution in [3.8, 4) is 0 Å². The number of hydrogen-bond acceptors (Lipinski definition) is 12. The number of ether oxygens (including phenoxy) is 5. The molecular weight excluding hydrogens is 759 g/mol. The first-order valence-corrected chi connectivity index (χ1v) is 19.7. The minimum atomic E-state index is -0.820. The highest BCUT2D eigenvalue weighted by atomic mass is 16.6. The van der Waals surface area contributed by atoms with Gasteiger partial charge in [-0.25, -0.2) is 24.2 Å². The summed E-state index contributed by atoms with van der Waals surface area (Å²) in [6, 6.07) is 5.72. The molecule has 0 radical (unpaired) electrons. The fraction of sp³-hybridized carbons (Fsp3) is 0.432. The fourth-order valence-corrected chi connectivity index (χ4v) is 7.58. The van der Waals surface area contributed by atoms with Crippen molar-refractivity contribution >= 4 is 69.3 Å². The van der Waals surface area contributed by atoms with Gasteiger partial charge in [-0.1, -0.05) is 13.8 Å². The third-order valence-corrected chi connectivity index (χ3v) is 10.7. The van der Waals surface area contributed by atoms with E-state index in [4.69, 9.17) is 33.7 Å². The molecule has 0 fully saturated rings. The van der Waals surface area contributed by atoms with E-state index in [2.05, 4.69) is 15.3 Å². The van der Waals surface area contributed by atoms with Crippen molar-refractivity contribution in [2.75, 3.05) is 33.5 Å². The van der Waals surface area contributed by atoms with Crippen LogP contribution in [0.15, 0.2) is 24.3 Å². The van der Waals surface area contributed by atoms with Crippen molar-refractivity contribution < 1.29 is 47.7 Å². The molecule has 15 nitrogen and oxygen atoms in total. The number of carbonyl (C=O) groups excluding carboxylic acids is 5. The predicted molar refractivity (Wildman–Crippen MR) is 220 cm³/mol. The Labute approximate surface area is 341 Å². The second kappa shape index (κ2) is 17.4. The molecule has 0 unspecified atom stereocenters. The number of hydrogen-bond donors (Lipinski definition) is 3. The molecule has 3 N–H and O–H groups in total. The molecule has 3 aliphatic rings. The summed E-state index contributed by atoms with van der Waals surface area (Å²) in [6.07, 6.45) is 3.59. The largest absolute Gasteiger partial charge is 0.469 e. The van der Waals surface area contributed by atoms with E-state index in [1.807, 2.05) is 45.9 Å². The number of aromatic amines is 2. The summed E-state index contributed by atoms with van der Waals surface area (Å²) >= 11 is 0. The highest BCUT2D eigenvalue weighted by Gasteiger charge is 2.38. The number of nitrogens with one attached hydrogen (secondary N) is 3. The molecule has 59 heavy (non-hydrogen) atoms. The zero-order valence-corrected chi connectivity index (χ0v) is 35.0. The molecule has 3 aliphatic heterocycles. The number of carbonyl (C=O) groups is 5. The van der Waals surface area contributed by atoms with E-state index in [0.717, 1.165) is 22.3 Å². The summed E-state index contributed by atoms with van der Waals surface area (Å²) in [6.45, 7) is 15.7. The Kier molecular flexibility index (Phi) is 12.5. The topological polar surface area (TPSA) is 201 Å². The summed E-state index contributed by atoms with van der Waals surface area (Å²) in [4.78, 5) is 81.0. The smallest absolute Gasteiger partial charge is 0.407 e. The van der Waals surface area contributed by atoms with E-state index in [1.54, 1.807) is 33.8 Å². The van der Waals surface area contributed by atoms with Crippen LogP contribution >= 0.6 is 0 Å². The summed E-state index contributed by atoms with van der Waals surface area (Å²) in [5.74, 6) is -3.20. The number of aromatic nitrogens is 4. The Morgan fingerprint density at radius 3 is 2.34 bits per heavy atom. The van der Waals surface area contributed by atoms with Crippen molar-refractivity contribution in [2.24, 2.45) is 0 Å². The molecule has 8 bridgehead atoms. The maximum atomic E-state index is 13.7. The normalized spacial score (nSPS) is 16.4. The Morgan fingerprint density at radius 2 is 1.63 bits per heavy atom. The van der Waals surface area contributed by atoms with Gasteiger partial charge in [0.2, 0.25) is 0 Å². The van der Waals surface area contributed by atoms with Gasteiger partial charge in [0, 0.05) is 58.7 Å². The molecule has 0 saturated carbocycles. The van der Waals surface area contributed by atoms with Gasteiger partial charge in [0.1, 0.15) is 17.8 Å². The minimum Gasteiger partial charge on any atom is -0.469 e. The lowest BCUT2D eigenvalue weighted by atomic mass is 9.85. The van der Waals surface area contributed by atoms with Crippen LogP contribution in [-0.4, -0.2) is 89.0 Å². The van der Waals surface area contributed by atoms with Crippen LogP contribution in [0, 0.1) is 13.8 Å². The summed E-state index contributed by atoms with van der Waals surface area (Å²) in [5.41, 5.74) is 8.69. The number of nitrogens with zero attached hydrogens (tertiary/aromatic N) is 2. The lowest BCUT2D eigenvalue weighted by Crippen LogP contribution is -2.34. The number of aryl methyl sites for hydroxylation is 2. The standard InChI is InChI=1S/C44H51N5O10/c1-10-26-22(2)30-20-34-27(11-14-36(51)57-18-17-56-16-15-45-43(54)59-44(6,7)8)23(3)29(47-34)19-31-24(4)28(12-13-35(50)55-9)39(48-31)38-40-37(41(52)58-42(38)53)25(5)32(49-40)21-33(26)46-30/h11,14,19-21,24,28,47,49H,10,12-13,15-18H2,1-9H3,(H,45,54)/b14-11+,29-19?,30-20?,31-19?,32-21?,33-21?,34-20?,39-38?/t24-,28-/m0/s1. The van der Waals surface area contributed by atoms with Crippen molar-refractivity contribution in [1.82, 2.24) is 25.3 Å². The van der Waals surface area contributed by atoms with Gasteiger partial charge in [0.25, 0.3) is 0 Å². The van der Waals surface area contributed by atoms with Gasteiger partial charge >= 0.3 is 30.0 Å². The van der Waals surface area contributed by atoms with Gasteiger partial charge in [-0.2, -0.15) is 0 Å². The number of rotatable bonds is 12. The first-order valence-electron chi connectivity index (χ1n) is 19.7. The summed E-state index contributed by atoms with van der Waals surface area (Å²) < 4.78 is 26.4. The number of fused-ring (bicyclic) bond motifs is 8. The lowest BCUT2D eigenvalue weighted by Gasteiger charge is -2.19. The SMILES string of the molecule is CCC1=C(C)c2cc3[nH]c(cc4nc(c5c6[nH]c(cc1n2)c(C)c6C(=O)OC5=O)[C@@H](CCC(=O)OC)[C@@H]4C)c(C)c3/C=C/C(=O)OCCOCCNC(=O)OC(C)(C)C. The van der Waals surface area contributed by atoms with Crippen molar-refractivity contribution in [3.05, 3.63) is 74.9 Å². The highest BCUT2D eigenvalue weighted by molar-refractivity contribution is 6.18. The zero-order valence-electron chi connectivity index (χ0n) is 35.0. The number of H-pyrrole nitrogens is 2. The number of alkyl carbamates (subject to hydrolysis) is 1. The van der Waals surface area contributed by atoms with E-state index in [0.29, 0.717) is 63.2 Å². The number of allylic oxidation sites excluding steroid dienone is 2. The van der Waals surface area contributed by atoms with Crippen LogP contribution in [0.5, 0.6) is 0 Å². The van der Waals surface area contributed by atoms with Crippen LogP contribution < -0.4 is 5.32 Å². The van der Waals surface area contributed by atoms with Crippen LogP contribution in [-0.2, 0) is 33.3 Å². The van der Waals surface area contributed by atoms with Crippen molar-refractivity contribution in [2.45, 2.75) is 92.1 Å². The maximum Gasteiger partial charge on any atom is 0.407 e. The first kappa shape index (κ1) is 42.5. The second-order valence-corrected chi connectivity index (χ2v) is 15.7. The molecule has 2 atom stereocenters. The average Bonchev–Trinajstić information content (AvgIpc) is 3.85. The third kappa shape index (κ3) is 9.15. The predicted octanol–water partition coefficient (Wildman–Crippen LogP) is 7.52. The Hall–Kier alpha value is -6.09. The molecule has 3 aromatic rings. The molecule has 312 valence electrons. The molecule has 0 aromatic carbocycles. The van der Waals surface area contributed by atoms with E-state index in [9.17, 15) is 24.0 Å². The van der Waals surface area contributed by atoms with Gasteiger partial charge in [-0.05, 0) is 101 Å². The van der Waals surface area contributed by atoms with Crippen LogP contribution in [0.2, 0.25) is 0 Å². The monoisotopic (exact) mass is 809 g/mol. The van der Waals surface area contributed by atoms with Crippen LogP contribution in [0.3, 0.4) is 0 Å². The van der Waals surface area contributed by atoms with Gasteiger partial charge in [-0.15, -0.1) is 0 Å². The Bertz CT molecular complexity index is 2450. The third-order valence-electron chi connectivity index (χ3n) is 10.7. The van der Waals surface area contributed by atoms with E-state index >= 15 is 0 Å². The molecule has 1 amide bonds. The zero-order chi connectivity index (χ0) is 42.8. The van der Waals surface area contributed by atoms with Crippen molar-refractivity contribution in [3.63, 3.8) is 0 Å². The molecular formula is C44H51N5O10. The van der Waals surface area contributed by atoms with Crippen LogP contribution in [0.1, 0.15) is 133 Å². The van der Waals surface area contributed by atoms with Crippen molar-refractivity contribution in [1.29, 1.82) is 0 Å². The fourth-order valence-electron chi connectivity index (χ4n) is 7.58. The summed E-state index contributed by atoms with van der Waals surface area (Å²) in [7, 11) is 1.33. The van der Waals surface area contributed by atoms with Crippen LogP contribution in [0.4, 0.5) is 4.79 Å². The quantitative estimate of drug-likeness (QED) is 0.0535. The number of esters is 4. The molecule has 6 heterocycles. The van der Waals surface area contributed by atoms with Gasteiger partial charge in [-0.3, -0.25) is 9.78 Å². The van der Waals surface area contributed by atoms with Crippen LogP contribution in [0.25, 0.3) is 39.3 Å². The van der Waals surface area contributed by atoms with E-state index in [1.165, 1.54) is 13.2 Å². The Morgan fingerprint density at radius 1 is 0.915 bits per heavy atom. The van der Waals surface area contributed by atoms with Gasteiger partial charge in [0.05, 0.1) is 48.5 Å². The van der Waals surface area contributed by atoms with E-state index < -0.39 is 41.5 Å². The molecule has 15 heteroatoms. The highest BCUT2D eigenvalue weighted by Crippen LogP contribution is 2.44.